The van der Waals surface area contributed by atoms with Crippen molar-refractivity contribution in [1.82, 2.24) is 4.98 Å². The molecule has 1 heterocycles. The number of benzene rings is 1. The molecule has 1 aromatic carbocycles. The third kappa shape index (κ3) is 1.63. The summed E-state index contributed by atoms with van der Waals surface area (Å²) in [5.41, 5.74) is 4.14. The number of aromatic nitrogens is 1. The molecule has 0 atom stereocenters. The minimum absolute atomic E-state index is 0.911. The maximum Gasteiger partial charge on any atom is 0.127 e. The zero-order chi connectivity index (χ0) is 9.97. The molecular formula is C11H11NOS. The van der Waals surface area contributed by atoms with E-state index < -0.39 is 0 Å². The van der Waals surface area contributed by atoms with E-state index in [9.17, 15) is 0 Å². The molecule has 0 aliphatic rings. The van der Waals surface area contributed by atoms with Gasteiger partial charge in [-0.25, -0.2) is 0 Å². The Bertz CT molecular complexity index is 423. The molecule has 0 N–H and O–H groups in total. The van der Waals surface area contributed by atoms with Gasteiger partial charge in [0.15, 0.2) is 0 Å². The Morgan fingerprint density at radius 1 is 1.36 bits per heavy atom. The first-order valence-corrected chi connectivity index (χ1v) is 5.22. The minimum Gasteiger partial charge on any atom is -0.496 e. The number of nitrogens with zero attached hydrogens (tertiary/aromatic N) is 1. The highest BCUT2D eigenvalue weighted by molar-refractivity contribution is 7.13. The van der Waals surface area contributed by atoms with E-state index in [1.54, 1.807) is 18.4 Å². The fraction of sp³-hybridized carbons (Fsp3) is 0.182. The first kappa shape index (κ1) is 9.21. The topological polar surface area (TPSA) is 22.1 Å². The van der Waals surface area contributed by atoms with Crippen molar-refractivity contribution in [3.05, 3.63) is 35.5 Å². The molecule has 72 valence electrons. The summed E-state index contributed by atoms with van der Waals surface area (Å²) in [4.78, 5) is 5.20. The Kier molecular flexibility index (Phi) is 2.50. The summed E-state index contributed by atoms with van der Waals surface area (Å²) < 4.78 is 5.33. The molecule has 0 fully saturated rings. The van der Waals surface area contributed by atoms with Gasteiger partial charge in [0, 0.05) is 11.8 Å². The summed E-state index contributed by atoms with van der Waals surface area (Å²) in [5, 5.41) is 0. The molecular weight excluding hydrogens is 194 g/mol. The predicted octanol–water partition coefficient (Wildman–Crippen LogP) is 3.13. The number of aryl methyl sites for hydroxylation is 1. The van der Waals surface area contributed by atoms with Crippen LogP contribution in [0.5, 0.6) is 5.75 Å². The highest BCUT2D eigenvalue weighted by atomic mass is 32.1. The number of hydrogen-bond acceptors (Lipinski definition) is 3. The number of hydrogen-bond donors (Lipinski definition) is 0. The van der Waals surface area contributed by atoms with Gasteiger partial charge in [0.05, 0.1) is 17.5 Å². The van der Waals surface area contributed by atoms with Gasteiger partial charge in [-0.3, -0.25) is 4.98 Å². The second kappa shape index (κ2) is 3.80. The van der Waals surface area contributed by atoms with Gasteiger partial charge < -0.3 is 4.74 Å². The lowest BCUT2D eigenvalue weighted by Gasteiger charge is -2.06. The van der Waals surface area contributed by atoms with Crippen LogP contribution < -0.4 is 4.74 Å². The maximum atomic E-state index is 5.33. The molecule has 0 saturated carbocycles. The van der Waals surface area contributed by atoms with Crippen molar-refractivity contribution in [2.45, 2.75) is 6.92 Å². The quantitative estimate of drug-likeness (QED) is 0.751. The second-order valence-corrected chi connectivity index (χ2v) is 3.96. The predicted molar refractivity (Wildman–Crippen MR) is 58.8 cm³/mol. The van der Waals surface area contributed by atoms with Crippen molar-refractivity contribution in [2.24, 2.45) is 0 Å². The molecule has 14 heavy (non-hydrogen) atoms. The van der Waals surface area contributed by atoms with E-state index in [-0.39, 0.29) is 0 Å². The van der Waals surface area contributed by atoms with E-state index in [4.69, 9.17) is 4.74 Å². The zero-order valence-corrected chi connectivity index (χ0v) is 8.97. The molecule has 0 bridgehead atoms. The van der Waals surface area contributed by atoms with Crippen molar-refractivity contribution in [3.8, 4) is 16.2 Å². The van der Waals surface area contributed by atoms with E-state index in [1.165, 1.54) is 5.56 Å². The largest absolute Gasteiger partial charge is 0.496 e. The van der Waals surface area contributed by atoms with Crippen LogP contribution >= 0.6 is 11.3 Å². The van der Waals surface area contributed by atoms with Gasteiger partial charge in [0.1, 0.15) is 5.75 Å². The molecule has 0 spiro atoms. The zero-order valence-electron chi connectivity index (χ0n) is 8.15. The van der Waals surface area contributed by atoms with Crippen LogP contribution in [-0.2, 0) is 0 Å². The summed E-state index contributed by atoms with van der Waals surface area (Å²) in [7, 11) is 1.69. The average Bonchev–Trinajstić information content (AvgIpc) is 2.70. The maximum absolute atomic E-state index is 5.33. The molecule has 2 nitrogen and oxygen atoms in total. The standard InChI is InChI=1S/C11H11NOS/c1-8-3-4-9(10(5-8)13-2)11-6-12-7-14-11/h3-7H,1-2H3. The van der Waals surface area contributed by atoms with Gasteiger partial charge >= 0.3 is 0 Å². The normalized spacial score (nSPS) is 10.1. The van der Waals surface area contributed by atoms with Crippen LogP contribution in [0.1, 0.15) is 5.56 Å². The van der Waals surface area contributed by atoms with Crippen LogP contribution in [-0.4, -0.2) is 12.1 Å². The molecule has 0 saturated heterocycles. The first-order valence-electron chi connectivity index (χ1n) is 4.35. The Labute approximate surface area is 87.2 Å². The van der Waals surface area contributed by atoms with Gasteiger partial charge in [0.25, 0.3) is 0 Å². The first-order chi connectivity index (χ1) is 6.81. The minimum atomic E-state index is 0.911. The van der Waals surface area contributed by atoms with Gasteiger partial charge in [-0.05, 0) is 24.6 Å². The van der Waals surface area contributed by atoms with Crippen molar-refractivity contribution in [2.75, 3.05) is 7.11 Å². The Morgan fingerprint density at radius 2 is 2.21 bits per heavy atom. The van der Waals surface area contributed by atoms with Crippen LogP contribution in [0.25, 0.3) is 10.4 Å². The van der Waals surface area contributed by atoms with Crippen LogP contribution in [0, 0.1) is 6.92 Å². The summed E-state index contributed by atoms with van der Waals surface area (Å²) >= 11 is 1.62. The molecule has 2 aromatic rings. The SMILES string of the molecule is COc1cc(C)ccc1-c1cncs1. The van der Waals surface area contributed by atoms with E-state index in [2.05, 4.69) is 24.0 Å². The van der Waals surface area contributed by atoms with E-state index in [0.717, 1.165) is 16.2 Å². The summed E-state index contributed by atoms with van der Waals surface area (Å²) in [5.74, 6) is 0.911. The smallest absolute Gasteiger partial charge is 0.127 e. The van der Waals surface area contributed by atoms with Crippen molar-refractivity contribution in [1.29, 1.82) is 0 Å². The average molecular weight is 205 g/mol. The summed E-state index contributed by atoms with van der Waals surface area (Å²) in [6.07, 6.45) is 1.86. The number of ether oxygens (including phenoxy) is 1. The van der Waals surface area contributed by atoms with Gasteiger partial charge in [0.2, 0.25) is 0 Å². The lowest BCUT2D eigenvalue weighted by molar-refractivity contribution is 0.416. The molecule has 0 amide bonds. The van der Waals surface area contributed by atoms with Crippen LogP contribution in [0.2, 0.25) is 0 Å². The Morgan fingerprint density at radius 3 is 2.86 bits per heavy atom. The second-order valence-electron chi connectivity index (χ2n) is 3.07. The number of thiazole rings is 1. The van der Waals surface area contributed by atoms with Crippen molar-refractivity contribution < 1.29 is 4.74 Å². The Hall–Kier alpha value is -1.35. The fourth-order valence-electron chi connectivity index (χ4n) is 1.35. The molecule has 0 radical (unpaired) electrons. The number of rotatable bonds is 2. The third-order valence-electron chi connectivity index (χ3n) is 2.05. The van der Waals surface area contributed by atoms with Gasteiger partial charge in [-0.15, -0.1) is 11.3 Å². The highest BCUT2D eigenvalue weighted by Gasteiger charge is 2.06. The van der Waals surface area contributed by atoms with Crippen LogP contribution in [0.3, 0.4) is 0 Å². The number of methoxy groups -OCH3 is 1. The molecule has 0 aliphatic carbocycles. The van der Waals surface area contributed by atoms with Gasteiger partial charge in [-0.2, -0.15) is 0 Å². The third-order valence-corrected chi connectivity index (χ3v) is 2.86. The van der Waals surface area contributed by atoms with Crippen molar-refractivity contribution in [3.63, 3.8) is 0 Å². The molecule has 1 aromatic heterocycles. The molecule has 0 aliphatic heterocycles. The van der Waals surface area contributed by atoms with Crippen LogP contribution in [0.4, 0.5) is 0 Å². The summed E-state index contributed by atoms with van der Waals surface area (Å²) in [6.45, 7) is 2.05. The summed E-state index contributed by atoms with van der Waals surface area (Å²) in [6, 6.07) is 6.19. The van der Waals surface area contributed by atoms with Gasteiger partial charge in [-0.1, -0.05) is 6.07 Å². The fourth-order valence-corrected chi connectivity index (χ4v) is 2.00. The monoisotopic (exact) mass is 205 g/mol. The van der Waals surface area contributed by atoms with Crippen LogP contribution in [0.15, 0.2) is 29.9 Å². The van der Waals surface area contributed by atoms with E-state index in [1.807, 2.05) is 17.8 Å². The lowest BCUT2D eigenvalue weighted by Crippen LogP contribution is -1.87. The Balaban J connectivity index is 2.53. The lowest BCUT2D eigenvalue weighted by atomic mass is 10.1. The molecule has 2 rings (SSSR count). The van der Waals surface area contributed by atoms with E-state index >= 15 is 0 Å². The van der Waals surface area contributed by atoms with Crippen molar-refractivity contribution >= 4 is 11.3 Å². The van der Waals surface area contributed by atoms with E-state index in [0.29, 0.717) is 0 Å². The highest BCUT2D eigenvalue weighted by Crippen LogP contribution is 2.32. The molecule has 3 heteroatoms. The molecule has 0 unspecified atom stereocenters.